The second kappa shape index (κ2) is 6.01. The maximum atomic E-state index is 13.2. The first kappa shape index (κ1) is 15.8. The van der Waals surface area contributed by atoms with Crippen LogP contribution in [-0.2, 0) is 12.7 Å². The van der Waals surface area contributed by atoms with Gasteiger partial charge < -0.3 is 5.32 Å². The van der Waals surface area contributed by atoms with Crippen LogP contribution in [0.5, 0.6) is 0 Å². The van der Waals surface area contributed by atoms with E-state index in [1.54, 1.807) is 19.1 Å². The molecule has 0 unspecified atom stereocenters. The molecule has 1 N–H and O–H groups in total. The molecule has 1 aromatic carbocycles. The smallest absolute Gasteiger partial charge is 0.380 e. The predicted molar refractivity (Wildman–Crippen MR) is 75.4 cm³/mol. The Kier molecular flexibility index (Phi) is 4.51. The van der Waals surface area contributed by atoms with E-state index < -0.39 is 17.6 Å². The highest BCUT2D eigenvalue weighted by molar-refractivity contribution is 9.10. The highest BCUT2D eigenvalue weighted by atomic mass is 79.9. The molecular weight excluding hydrogens is 352 g/mol. The molecule has 0 atom stereocenters. The van der Waals surface area contributed by atoms with Crippen LogP contribution >= 0.6 is 15.9 Å². The third-order valence-electron chi connectivity index (χ3n) is 2.87. The molecule has 1 heterocycles. The third kappa shape index (κ3) is 3.93. The lowest BCUT2D eigenvalue weighted by Gasteiger charge is -2.12. The lowest BCUT2D eigenvalue weighted by molar-refractivity contribution is -0.140. The van der Waals surface area contributed by atoms with Gasteiger partial charge in [-0.25, -0.2) is 9.37 Å². The average molecular weight is 363 g/mol. The number of aryl methyl sites for hydroxylation is 1. The summed E-state index contributed by atoms with van der Waals surface area (Å²) in [7, 11) is 0. The summed E-state index contributed by atoms with van der Waals surface area (Å²) in [5, 5.41) is 2.98. The molecule has 0 saturated carbocycles. The maximum absolute atomic E-state index is 13.2. The fraction of sp³-hybridized carbons (Fsp3) is 0.214. The molecule has 2 rings (SSSR count). The predicted octanol–water partition coefficient (Wildman–Crippen LogP) is 4.92. The summed E-state index contributed by atoms with van der Waals surface area (Å²) in [6, 6.07) is 6.44. The summed E-state index contributed by atoms with van der Waals surface area (Å²) in [6.45, 7) is 1.92. The van der Waals surface area contributed by atoms with E-state index in [9.17, 15) is 17.6 Å². The quantitative estimate of drug-likeness (QED) is 0.618. The molecule has 0 spiro atoms. The Hall–Kier alpha value is -1.63. The summed E-state index contributed by atoms with van der Waals surface area (Å²) in [6.07, 6.45) is -4.70. The molecule has 1 aromatic heterocycles. The third-order valence-corrected chi connectivity index (χ3v) is 3.31. The summed E-state index contributed by atoms with van der Waals surface area (Å²) in [5.41, 5.74) is 0.497. The molecule has 0 radical (unpaired) electrons. The monoisotopic (exact) mass is 362 g/mol. The van der Waals surface area contributed by atoms with Gasteiger partial charge >= 0.3 is 6.18 Å². The van der Waals surface area contributed by atoms with E-state index in [4.69, 9.17) is 0 Å². The lowest BCUT2D eigenvalue weighted by atomic mass is 10.1. The van der Waals surface area contributed by atoms with E-state index in [0.717, 1.165) is 12.1 Å². The second-order valence-corrected chi connectivity index (χ2v) is 5.24. The van der Waals surface area contributed by atoms with Crippen molar-refractivity contribution in [1.29, 1.82) is 0 Å². The summed E-state index contributed by atoms with van der Waals surface area (Å²) < 4.78 is 51.7. The Morgan fingerprint density at radius 3 is 2.52 bits per heavy atom. The highest BCUT2D eigenvalue weighted by Crippen LogP contribution is 2.32. The van der Waals surface area contributed by atoms with Gasteiger partial charge in [0.2, 0.25) is 0 Å². The van der Waals surface area contributed by atoms with Crippen LogP contribution in [0, 0.1) is 12.7 Å². The van der Waals surface area contributed by atoms with Gasteiger partial charge in [0.25, 0.3) is 0 Å². The number of hydrogen-bond donors (Lipinski definition) is 1. The number of pyridine rings is 1. The van der Waals surface area contributed by atoms with Gasteiger partial charge in [0.1, 0.15) is 10.4 Å². The largest absolute Gasteiger partial charge is 0.419 e. The first-order chi connectivity index (χ1) is 9.77. The molecular formula is C14H11BrF4N2. The number of aromatic nitrogens is 1. The van der Waals surface area contributed by atoms with Crippen molar-refractivity contribution in [2.45, 2.75) is 19.6 Å². The zero-order valence-electron chi connectivity index (χ0n) is 10.9. The molecule has 112 valence electrons. The van der Waals surface area contributed by atoms with E-state index in [1.165, 1.54) is 6.07 Å². The molecule has 0 aliphatic rings. The van der Waals surface area contributed by atoms with Crippen molar-refractivity contribution < 1.29 is 17.6 Å². The standard InChI is InChI=1S/C14H11BrF4N2/c1-8-12(4-5-13(15)21-8)20-7-9-2-3-11(16)10(6-9)14(17,18)19/h2-6,20H,7H2,1H3. The first-order valence-electron chi connectivity index (χ1n) is 6.00. The summed E-state index contributed by atoms with van der Waals surface area (Å²) in [4.78, 5) is 4.17. The fourth-order valence-electron chi connectivity index (χ4n) is 1.81. The van der Waals surface area contributed by atoms with Crippen LogP contribution in [0.4, 0.5) is 23.2 Å². The lowest BCUT2D eigenvalue weighted by Crippen LogP contribution is -2.10. The van der Waals surface area contributed by atoms with Gasteiger partial charge in [-0.2, -0.15) is 13.2 Å². The average Bonchev–Trinajstić information content (AvgIpc) is 2.38. The number of nitrogens with zero attached hydrogens (tertiary/aromatic N) is 1. The van der Waals surface area contributed by atoms with Crippen LogP contribution in [0.2, 0.25) is 0 Å². The SMILES string of the molecule is Cc1nc(Br)ccc1NCc1ccc(F)c(C(F)(F)F)c1. The molecule has 0 aliphatic carbocycles. The van der Waals surface area contributed by atoms with Crippen LogP contribution in [0.1, 0.15) is 16.8 Å². The van der Waals surface area contributed by atoms with Crippen molar-refractivity contribution in [1.82, 2.24) is 4.98 Å². The van der Waals surface area contributed by atoms with Gasteiger partial charge in [-0.05, 0) is 52.7 Å². The molecule has 0 bridgehead atoms. The second-order valence-electron chi connectivity index (χ2n) is 4.43. The van der Waals surface area contributed by atoms with Gasteiger partial charge in [0.05, 0.1) is 16.9 Å². The zero-order chi connectivity index (χ0) is 15.6. The van der Waals surface area contributed by atoms with Crippen molar-refractivity contribution in [3.63, 3.8) is 0 Å². The maximum Gasteiger partial charge on any atom is 0.419 e. The van der Waals surface area contributed by atoms with Gasteiger partial charge in [-0.1, -0.05) is 6.07 Å². The normalized spacial score (nSPS) is 11.5. The molecule has 0 saturated heterocycles. The van der Waals surface area contributed by atoms with E-state index in [-0.39, 0.29) is 6.54 Å². The number of rotatable bonds is 3. The van der Waals surface area contributed by atoms with Crippen molar-refractivity contribution in [2.75, 3.05) is 5.32 Å². The van der Waals surface area contributed by atoms with Gasteiger partial charge in [-0.3, -0.25) is 0 Å². The minimum Gasteiger partial charge on any atom is -0.380 e. The van der Waals surface area contributed by atoms with Gasteiger partial charge in [0, 0.05) is 6.54 Å². The number of benzene rings is 1. The summed E-state index contributed by atoms with van der Waals surface area (Å²) >= 11 is 3.23. The first-order valence-corrected chi connectivity index (χ1v) is 6.79. The van der Waals surface area contributed by atoms with Gasteiger partial charge in [0.15, 0.2) is 0 Å². The van der Waals surface area contributed by atoms with Crippen LogP contribution in [0.3, 0.4) is 0 Å². The number of anilines is 1. The number of halogens is 5. The number of nitrogens with one attached hydrogen (secondary N) is 1. The molecule has 0 fully saturated rings. The number of hydrogen-bond acceptors (Lipinski definition) is 2. The molecule has 2 aromatic rings. The van der Waals surface area contributed by atoms with E-state index in [1.807, 2.05) is 0 Å². The van der Waals surface area contributed by atoms with Crippen molar-refractivity contribution in [3.8, 4) is 0 Å². The van der Waals surface area contributed by atoms with E-state index in [2.05, 4.69) is 26.2 Å². The van der Waals surface area contributed by atoms with Gasteiger partial charge in [-0.15, -0.1) is 0 Å². The Labute approximate surface area is 127 Å². The van der Waals surface area contributed by atoms with Crippen LogP contribution in [0.15, 0.2) is 34.9 Å². The van der Waals surface area contributed by atoms with Crippen LogP contribution in [-0.4, -0.2) is 4.98 Å². The van der Waals surface area contributed by atoms with Crippen LogP contribution in [0.25, 0.3) is 0 Å². The minimum atomic E-state index is -4.70. The molecule has 7 heteroatoms. The Morgan fingerprint density at radius 2 is 1.90 bits per heavy atom. The number of alkyl halides is 3. The zero-order valence-corrected chi connectivity index (χ0v) is 12.5. The Bertz CT molecular complexity index is 656. The molecule has 0 amide bonds. The topological polar surface area (TPSA) is 24.9 Å². The van der Waals surface area contributed by atoms with E-state index >= 15 is 0 Å². The molecule has 0 aliphatic heterocycles. The molecule has 21 heavy (non-hydrogen) atoms. The molecule has 2 nitrogen and oxygen atoms in total. The van der Waals surface area contributed by atoms with E-state index in [0.29, 0.717) is 21.5 Å². The Morgan fingerprint density at radius 1 is 1.19 bits per heavy atom. The summed E-state index contributed by atoms with van der Waals surface area (Å²) in [5.74, 6) is -1.27. The minimum absolute atomic E-state index is 0.146. The fourth-order valence-corrected chi connectivity index (χ4v) is 2.21. The Balaban J connectivity index is 2.17. The highest BCUT2D eigenvalue weighted by Gasteiger charge is 2.34. The van der Waals surface area contributed by atoms with Crippen molar-refractivity contribution in [2.24, 2.45) is 0 Å². The van der Waals surface area contributed by atoms with Crippen molar-refractivity contribution in [3.05, 3.63) is 57.6 Å². The van der Waals surface area contributed by atoms with Crippen molar-refractivity contribution >= 4 is 21.6 Å². The van der Waals surface area contributed by atoms with Crippen LogP contribution < -0.4 is 5.32 Å².